The molecule has 1 N–H and O–H groups in total. The highest BCUT2D eigenvalue weighted by Gasteiger charge is 2.33. The van der Waals surface area contributed by atoms with Crippen LogP contribution in [0.4, 0.5) is 0 Å². The number of amides is 1. The molecule has 0 saturated heterocycles. The van der Waals surface area contributed by atoms with E-state index in [1.807, 2.05) is 55.5 Å². The summed E-state index contributed by atoms with van der Waals surface area (Å²) in [6.07, 6.45) is 2.18. The average molecular weight is 437 g/mol. The number of aromatic nitrogens is 1. The SMILES string of the molecule is Cc1cc(CSc2ccccc2C(=O)OCC(=O)NC(c2ccccc2)C2CC2)on1. The van der Waals surface area contributed by atoms with Crippen LogP contribution in [0.3, 0.4) is 0 Å². The van der Waals surface area contributed by atoms with Crippen molar-refractivity contribution in [3.05, 3.63) is 83.2 Å². The second-order valence-electron chi connectivity index (χ2n) is 7.59. The molecule has 6 nitrogen and oxygen atoms in total. The van der Waals surface area contributed by atoms with E-state index in [1.54, 1.807) is 12.1 Å². The van der Waals surface area contributed by atoms with E-state index in [0.29, 0.717) is 17.2 Å². The van der Waals surface area contributed by atoms with Crippen LogP contribution in [0.2, 0.25) is 0 Å². The van der Waals surface area contributed by atoms with Crippen molar-refractivity contribution < 1.29 is 18.8 Å². The maximum atomic E-state index is 12.6. The quantitative estimate of drug-likeness (QED) is 0.387. The first-order chi connectivity index (χ1) is 15.1. The molecule has 1 aliphatic rings. The van der Waals surface area contributed by atoms with Gasteiger partial charge in [-0.25, -0.2) is 4.79 Å². The first-order valence-electron chi connectivity index (χ1n) is 10.3. The molecule has 4 rings (SSSR count). The summed E-state index contributed by atoms with van der Waals surface area (Å²) in [5, 5.41) is 6.90. The second kappa shape index (κ2) is 9.83. The van der Waals surface area contributed by atoms with Crippen LogP contribution in [0.1, 0.15) is 46.3 Å². The van der Waals surface area contributed by atoms with E-state index in [0.717, 1.165) is 34.8 Å². The van der Waals surface area contributed by atoms with E-state index in [1.165, 1.54) is 11.8 Å². The van der Waals surface area contributed by atoms with Gasteiger partial charge in [0.1, 0.15) is 5.76 Å². The van der Waals surface area contributed by atoms with E-state index in [4.69, 9.17) is 9.26 Å². The maximum Gasteiger partial charge on any atom is 0.339 e. The Kier molecular flexibility index (Phi) is 6.72. The molecule has 1 unspecified atom stereocenters. The number of nitrogens with one attached hydrogen (secondary N) is 1. The topological polar surface area (TPSA) is 81.4 Å². The normalized spacial score (nSPS) is 14.1. The van der Waals surface area contributed by atoms with Gasteiger partial charge < -0.3 is 14.6 Å². The summed E-state index contributed by atoms with van der Waals surface area (Å²) in [6, 6.07) is 18.9. The molecule has 1 atom stereocenters. The fourth-order valence-corrected chi connectivity index (χ4v) is 4.30. The molecule has 1 heterocycles. The van der Waals surface area contributed by atoms with E-state index < -0.39 is 5.97 Å². The van der Waals surface area contributed by atoms with Crippen molar-refractivity contribution >= 4 is 23.6 Å². The van der Waals surface area contributed by atoms with Gasteiger partial charge >= 0.3 is 5.97 Å². The molecular weight excluding hydrogens is 412 g/mol. The van der Waals surface area contributed by atoms with Crippen molar-refractivity contribution in [3.63, 3.8) is 0 Å². The lowest BCUT2D eigenvalue weighted by Crippen LogP contribution is -2.33. The van der Waals surface area contributed by atoms with Crippen LogP contribution in [-0.2, 0) is 15.3 Å². The number of carbonyl (C=O) groups is 2. The molecule has 1 amide bonds. The number of ether oxygens (including phenoxy) is 1. The van der Waals surface area contributed by atoms with Crippen LogP contribution in [0.25, 0.3) is 0 Å². The van der Waals surface area contributed by atoms with E-state index in [2.05, 4.69) is 10.5 Å². The Labute approximate surface area is 185 Å². The molecule has 0 bridgehead atoms. The molecule has 31 heavy (non-hydrogen) atoms. The van der Waals surface area contributed by atoms with Crippen molar-refractivity contribution in [2.45, 2.75) is 36.5 Å². The predicted molar refractivity (Wildman–Crippen MR) is 118 cm³/mol. The molecule has 1 aromatic heterocycles. The minimum atomic E-state index is -0.519. The number of carbonyl (C=O) groups excluding carboxylic acids is 2. The van der Waals surface area contributed by atoms with E-state index >= 15 is 0 Å². The zero-order chi connectivity index (χ0) is 21.6. The Morgan fingerprint density at radius 1 is 1.16 bits per heavy atom. The van der Waals surface area contributed by atoms with Crippen molar-refractivity contribution in [2.24, 2.45) is 5.92 Å². The lowest BCUT2D eigenvalue weighted by Gasteiger charge is -2.19. The summed E-state index contributed by atoms with van der Waals surface area (Å²) in [7, 11) is 0. The number of aryl methyl sites for hydroxylation is 1. The monoisotopic (exact) mass is 436 g/mol. The van der Waals surface area contributed by atoms with Gasteiger partial charge in [0.2, 0.25) is 0 Å². The van der Waals surface area contributed by atoms with Crippen LogP contribution < -0.4 is 5.32 Å². The third-order valence-corrected chi connectivity index (χ3v) is 6.15. The summed E-state index contributed by atoms with van der Waals surface area (Å²) in [5.41, 5.74) is 2.32. The smallest absolute Gasteiger partial charge is 0.339 e. The molecule has 160 valence electrons. The molecule has 1 aliphatic carbocycles. The van der Waals surface area contributed by atoms with E-state index in [-0.39, 0.29) is 18.6 Å². The highest BCUT2D eigenvalue weighted by molar-refractivity contribution is 7.98. The fraction of sp³-hybridized carbons (Fsp3) is 0.292. The molecule has 1 saturated carbocycles. The number of nitrogens with zero attached hydrogens (tertiary/aromatic N) is 1. The number of esters is 1. The van der Waals surface area contributed by atoms with Crippen LogP contribution >= 0.6 is 11.8 Å². The Bertz CT molecular complexity index is 1050. The Morgan fingerprint density at radius 3 is 2.61 bits per heavy atom. The first-order valence-corrected chi connectivity index (χ1v) is 11.2. The van der Waals surface area contributed by atoms with Crippen LogP contribution in [-0.4, -0.2) is 23.6 Å². The van der Waals surface area contributed by atoms with Crippen LogP contribution in [0, 0.1) is 12.8 Å². The van der Waals surface area contributed by atoms with Gasteiger partial charge in [0.25, 0.3) is 5.91 Å². The molecule has 2 aromatic carbocycles. The number of thioether (sulfide) groups is 1. The molecule has 0 spiro atoms. The van der Waals surface area contributed by atoms with Gasteiger partial charge in [-0.15, -0.1) is 11.8 Å². The number of hydrogen-bond donors (Lipinski definition) is 1. The van der Waals surface area contributed by atoms with Gasteiger partial charge in [-0.2, -0.15) is 0 Å². The van der Waals surface area contributed by atoms with E-state index in [9.17, 15) is 9.59 Å². The van der Waals surface area contributed by atoms with Gasteiger partial charge in [0, 0.05) is 11.0 Å². The van der Waals surface area contributed by atoms with Gasteiger partial charge in [-0.1, -0.05) is 47.6 Å². The van der Waals surface area contributed by atoms with Gasteiger partial charge in [0.05, 0.1) is 23.1 Å². The standard InChI is InChI=1S/C24H24N2O4S/c1-16-13-19(30-26-16)15-31-21-10-6-5-9-20(21)24(28)29-14-22(27)25-23(18-11-12-18)17-7-3-2-4-8-17/h2-10,13,18,23H,11-12,14-15H2,1H3,(H,25,27). The lowest BCUT2D eigenvalue weighted by molar-refractivity contribution is -0.125. The molecule has 0 radical (unpaired) electrons. The fourth-order valence-electron chi connectivity index (χ4n) is 3.38. The summed E-state index contributed by atoms with van der Waals surface area (Å²) in [4.78, 5) is 25.9. The second-order valence-corrected chi connectivity index (χ2v) is 8.61. The van der Waals surface area contributed by atoms with Crippen molar-refractivity contribution in [3.8, 4) is 0 Å². The first kappa shape index (κ1) is 21.2. The highest BCUT2D eigenvalue weighted by atomic mass is 32.2. The summed E-state index contributed by atoms with van der Waals surface area (Å²) >= 11 is 1.46. The van der Waals surface area contributed by atoms with Gasteiger partial charge in [-0.05, 0) is 43.4 Å². The van der Waals surface area contributed by atoms with Crippen LogP contribution in [0.5, 0.6) is 0 Å². The third kappa shape index (κ3) is 5.76. The Morgan fingerprint density at radius 2 is 1.90 bits per heavy atom. The molecule has 7 heteroatoms. The Balaban J connectivity index is 1.33. The minimum absolute atomic E-state index is 0.0411. The minimum Gasteiger partial charge on any atom is -0.452 e. The largest absolute Gasteiger partial charge is 0.452 e. The average Bonchev–Trinajstić information content (AvgIpc) is 3.55. The number of hydrogen-bond acceptors (Lipinski definition) is 6. The van der Waals surface area contributed by atoms with Crippen molar-refractivity contribution in [1.29, 1.82) is 0 Å². The van der Waals surface area contributed by atoms with Gasteiger partial charge in [-0.3, -0.25) is 4.79 Å². The van der Waals surface area contributed by atoms with Crippen molar-refractivity contribution in [1.82, 2.24) is 10.5 Å². The Hall–Kier alpha value is -3.06. The zero-order valence-electron chi connectivity index (χ0n) is 17.2. The third-order valence-electron chi connectivity index (χ3n) is 5.06. The highest BCUT2D eigenvalue weighted by Crippen LogP contribution is 2.40. The van der Waals surface area contributed by atoms with Crippen LogP contribution in [0.15, 0.2) is 70.1 Å². The summed E-state index contributed by atoms with van der Waals surface area (Å²) in [6.45, 7) is 1.55. The maximum absolute atomic E-state index is 12.6. The summed E-state index contributed by atoms with van der Waals surface area (Å²) < 4.78 is 10.5. The number of benzene rings is 2. The molecular formula is C24H24N2O4S. The molecule has 3 aromatic rings. The summed E-state index contributed by atoms with van der Waals surface area (Å²) in [5.74, 6) is 0.910. The predicted octanol–water partition coefficient (Wildman–Crippen LogP) is 4.70. The molecule has 1 fully saturated rings. The van der Waals surface area contributed by atoms with Crippen molar-refractivity contribution in [2.75, 3.05) is 6.61 Å². The number of rotatable bonds is 9. The zero-order valence-corrected chi connectivity index (χ0v) is 18.1. The molecule has 0 aliphatic heterocycles. The van der Waals surface area contributed by atoms with Gasteiger partial charge in [0.15, 0.2) is 6.61 Å². The lowest BCUT2D eigenvalue weighted by atomic mass is 10.0.